The first-order valence-electron chi connectivity index (χ1n) is 23.4. The van der Waals surface area contributed by atoms with E-state index in [1.807, 2.05) is 6.92 Å². The number of hydrogen-bond acceptors (Lipinski definition) is 20. The Morgan fingerprint density at radius 3 is 1.30 bits per heavy atom. The van der Waals surface area contributed by atoms with Crippen LogP contribution in [-0.2, 0) is 55.6 Å². The summed E-state index contributed by atoms with van der Waals surface area (Å²) in [6, 6.07) is 0. The summed E-state index contributed by atoms with van der Waals surface area (Å²) < 4.78 is 63.6. The number of phosphoric ester groups is 3. The molecule has 0 aromatic heterocycles. The Hall–Kier alpha value is 3.62. The Labute approximate surface area is 526 Å². The van der Waals surface area contributed by atoms with Gasteiger partial charge < -0.3 is 81.8 Å². The van der Waals surface area contributed by atoms with Gasteiger partial charge in [-0.15, -0.1) is 0 Å². The Morgan fingerprint density at radius 1 is 0.486 bits per heavy atom. The molecule has 29 heteroatoms. The molecule has 4 N–H and O–H groups in total. The molecule has 0 radical (unpaired) electrons. The van der Waals surface area contributed by atoms with Crippen molar-refractivity contribution in [3.63, 3.8) is 0 Å². The van der Waals surface area contributed by atoms with Gasteiger partial charge in [0.25, 0.3) is 7.82 Å². The van der Waals surface area contributed by atoms with Crippen molar-refractivity contribution in [3.8, 4) is 0 Å². The molecule has 1 saturated carbocycles. The molecule has 0 aromatic rings. The smallest absolute Gasteiger partial charge is 0.790 e. The second kappa shape index (κ2) is 48.5. The van der Waals surface area contributed by atoms with Crippen molar-refractivity contribution in [1.82, 2.24) is 5.32 Å². The minimum absolute atomic E-state index is 0. The summed E-state index contributed by atoms with van der Waals surface area (Å²) in [7, 11) is -18.0. The third kappa shape index (κ3) is 43.5. The van der Waals surface area contributed by atoms with Gasteiger partial charge in [-0.05, 0) is 25.7 Å². The summed E-state index contributed by atoms with van der Waals surface area (Å²) >= 11 is 0. The minimum Gasteiger partial charge on any atom is -0.790 e. The van der Waals surface area contributed by atoms with E-state index in [2.05, 4.69) is 25.8 Å². The monoisotopic (exact) mass is 1110 g/mol. The fraction of sp³-hybridized carbons (Fsp3) is 0.927. The number of aliphatic hydroxyl groups is 3. The van der Waals surface area contributed by atoms with Crippen molar-refractivity contribution < 1.29 is 243 Å². The van der Waals surface area contributed by atoms with Crippen LogP contribution in [0.3, 0.4) is 0 Å². The molecule has 4 unspecified atom stereocenters. The van der Waals surface area contributed by atoms with E-state index in [0.29, 0.717) is 25.8 Å². The van der Waals surface area contributed by atoms with Crippen LogP contribution in [0, 0.1) is 0 Å². The number of phosphoric acid groups is 3. The van der Waals surface area contributed by atoms with E-state index in [0.717, 1.165) is 89.9 Å². The van der Waals surface area contributed by atoms with Crippen LogP contribution < -0.4 is 178 Å². The zero-order valence-electron chi connectivity index (χ0n) is 43.2. The molecular weight excluding hydrogens is 1030 g/mol. The number of carbonyl (C=O) groups is 3. The largest absolute Gasteiger partial charge is 1.00 e. The second-order valence-electron chi connectivity index (χ2n) is 16.6. The van der Waals surface area contributed by atoms with Crippen LogP contribution in [0.2, 0.25) is 0 Å². The Morgan fingerprint density at radius 2 is 0.871 bits per heavy atom. The number of aliphatic hydroxyl groups excluding tert-OH is 3. The molecule has 0 spiro atoms. The number of rotatable bonds is 40. The summed E-state index contributed by atoms with van der Waals surface area (Å²) in [6.45, 7) is 3.17. The maximum atomic E-state index is 12.9. The number of unbranched alkanes of at least 4 members (excludes halogenated alkanes) is 20. The number of esters is 2. The van der Waals surface area contributed by atoms with Crippen molar-refractivity contribution in [2.75, 3.05) is 19.8 Å². The van der Waals surface area contributed by atoms with Gasteiger partial charge in [-0.3, -0.25) is 18.9 Å². The molecule has 384 valence electrons. The maximum Gasteiger partial charge on any atom is 1.00 e. The second-order valence-corrected chi connectivity index (χ2v) is 20.2. The van der Waals surface area contributed by atoms with Gasteiger partial charge >= 0.3 is 160 Å². The molecule has 0 heterocycles. The maximum absolute atomic E-state index is 12.9. The van der Waals surface area contributed by atoms with Crippen molar-refractivity contribution in [3.05, 3.63) is 0 Å². The average molecular weight is 1110 g/mol. The van der Waals surface area contributed by atoms with Gasteiger partial charge in [-0.2, -0.15) is 0 Å². The van der Waals surface area contributed by atoms with Gasteiger partial charge in [0.1, 0.15) is 43.2 Å². The third-order valence-corrected chi connectivity index (χ3v) is 12.7. The molecule has 8 atom stereocenters. The van der Waals surface area contributed by atoms with Gasteiger partial charge in [0.05, 0.1) is 22.3 Å². The van der Waals surface area contributed by atoms with E-state index in [4.69, 9.17) is 14.0 Å². The molecule has 0 saturated heterocycles. The van der Waals surface area contributed by atoms with Crippen molar-refractivity contribution >= 4 is 41.3 Å². The molecule has 70 heavy (non-hydrogen) atoms. The average Bonchev–Trinajstić information content (AvgIpc) is 3.22. The number of amides is 1. The number of ether oxygens (including phenoxy) is 2. The molecule has 0 aliphatic heterocycles. The minimum atomic E-state index is -6.16. The molecule has 1 amide bonds. The van der Waals surface area contributed by atoms with E-state index in [-0.39, 0.29) is 167 Å². The molecular formula is C41H75NNa5O20P3. The molecule has 1 fully saturated rings. The van der Waals surface area contributed by atoms with Crippen LogP contribution in [0.25, 0.3) is 0 Å². The normalized spacial score (nSPS) is 20.1. The summed E-state index contributed by atoms with van der Waals surface area (Å²) in [5.74, 6) is -1.33. The standard InChI is InChI=1S/C41H80NO20P3.5Na/c1-3-5-6-7-8-9-10-11-12-14-18-21-24-28-35(45)59-32(30-57-34(44)27-23-20-17-15-13-16-19-22-25-29-42-33(43)26-4-2)31-58-65(55,56)62-39-36(46)37(47)40(60-63(49,50)51)41(38(39)48)61-64(52,53)54;;;;;/h32,36-41,46-48H,3-31H2,1-2H3,(H,42,43)(H,55,56)(H2,49,50,51)(H2,52,53,54);;;;;/q;5*+1/p-5/t32-,36-,37+,38?,39?,40?,41-;;;;;/m1...../s1. The topological polar surface area (TPSA) is 346 Å². The number of hydrogen-bond donors (Lipinski definition) is 4. The van der Waals surface area contributed by atoms with Gasteiger partial charge in [0.15, 0.2) is 6.10 Å². The van der Waals surface area contributed by atoms with Crippen LogP contribution >= 0.6 is 23.5 Å². The first kappa shape index (κ1) is 82.5. The van der Waals surface area contributed by atoms with Crippen LogP contribution in [0.1, 0.15) is 181 Å². The fourth-order valence-electron chi connectivity index (χ4n) is 7.27. The van der Waals surface area contributed by atoms with Crippen LogP contribution in [-0.4, -0.2) is 95.7 Å². The molecule has 1 aliphatic carbocycles. The van der Waals surface area contributed by atoms with E-state index >= 15 is 0 Å². The van der Waals surface area contributed by atoms with Gasteiger partial charge in [0.2, 0.25) is 5.91 Å². The first-order valence-corrected chi connectivity index (χ1v) is 27.8. The zero-order valence-corrected chi connectivity index (χ0v) is 55.9. The molecule has 0 bridgehead atoms. The fourth-order valence-corrected chi connectivity index (χ4v) is 9.31. The predicted molar refractivity (Wildman–Crippen MR) is 227 cm³/mol. The van der Waals surface area contributed by atoms with Crippen LogP contribution in [0.5, 0.6) is 0 Å². The SMILES string of the molecule is CCCCCCCCCCCCCCCC(=O)O[C@H](COC(=O)CCCCCCCCCCCNC(=O)CCC)COP(=O)([O-])OC1C(O)[C@@H](OP(=O)([O-])[O-])C(OP(=O)([O-])[O-])[C@@H](O)[C@H]1O.[Na+].[Na+].[Na+].[Na+].[Na+]. The predicted octanol–water partition coefficient (Wildman–Crippen LogP) is -11.8. The Bertz CT molecular complexity index is 1470. The third-order valence-electron chi connectivity index (χ3n) is 10.8. The van der Waals surface area contributed by atoms with Gasteiger partial charge in [-0.1, -0.05) is 136 Å². The van der Waals surface area contributed by atoms with Gasteiger partial charge in [0, 0.05) is 25.8 Å². The van der Waals surface area contributed by atoms with Gasteiger partial charge in [-0.25, -0.2) is 0 Å². The van der Waals surface area contributed by atoms with Crippen molar-refractivity contribution in [1.29, 1.82) is 0 Å². The molecule has 0 aromatic carbocycles. The van der Waals surface area contributed by atoms with Crippen molar-refractivity contribution in [2.24, 2.45) is 0 Å². The summed E-state index contributed by atoms with van der Waals surface area (Å²) in [4.78, 5) is 94.9. The van der Waals surface area contributed by atoms with E-state index in [9.17, 15) is 67.9 Å². The Kier molecular flexibility index (Phi) is 57.2. The number of nitrogens with one attached hydrogen (secondary N) is 1. The molecule has 1 aliphatic rings. The first-order chi connectivity index (χ1) is 30.7. The molecule has 1 rings (SSSR count). The quantitative estimate of drug-likeness (QED) is 0.0192. The van der Waals surface area contributed by atoms with E-state index in [1.165, 1.54) is 44.9 Å². The van der Waals surface area contributed by atoms with Crippen LogP contribution in [0.4, 0.5) is 0 Å². The summed E-state index contributed by atoms with van der Waals surface area (Å²) in [5, 5.41) is 34.4. The summed E-state index contributed by atoms with van der Waals surface area (Å²) in [6.07, 6.45) is 5.99. The van der Waals surface area contributed by atoms with Crippen LogP contribution in [0.15, 0.2) is 0 Å². The van der Waals surface area contributed by atoms with E-state index < -0.39 is 91.3 Å². The summed E-state index contributed by atoms with van der Waals surface area (Å²) in [5.41, 5.74) is 0. The number of carbonyl (C=O) groups excluding carboxylic acids is 3. The molecule has 21 nitrogen and oxygen atoms in total. The van der Waals surface area contributed by atoms with Crippen molar-refractivity contribution in [2.45, 2.75) is 224 Å². The Balaban J connectivity index is -0.00000282. The van der Waals surface area contributed by atoms with E-state index in [1.54, 1.807) is 0 Å². The zero-order chi connectivity index (χ0) is 48.7.